The maximum atomic E-state index is 10.3. The molecular formula is C31H45N7O. The van der Waals surface area contributed by atoms with Gasteiger partial charge >= 0.3 is 0 Å². The molecule has 1 saturated carbocycles. The van der Waals surface area contributed by atoms with E-state index in [1.807, 2.05) is 18.2 Å². The predicted molar refractivity (Wildman–Crippen MR) is 156 cm³/mol. The molecule has 1 aliphatic carbocycles. The molecule has 0 radical (unpaired) electrons. The highest BCUT2D eigenvalue weighted by molar-refractivity contribution is 5.78. The Hall–Kier alpha value is -2.42. The number of nitrogens with one attached hydrogen (secondary N) is 1. The lowest BCUT2D eigenvalue weighted by molar-refractivity contribution is 0.0584. The molecule has 4 fully saturated rings. The minimum atomic E-state index is 0.247. The zero-order valence-corrected chi connectivity index (χ0v) is 23.3. The van der Waals surface area contributed by atoms with Crippen LogP contribution in [0.15, 0.2) is 30.3 Å². The molecule has 1 atom stereocenters. The fourth-order valence-electron chi connectivity index (χ4n) is 8.03. The van der Waals surface area contributed by atoms with Crippen LogP contribution in [0.3, 0.4) is 0 Å². The van der Waals surface area contributed by atoms with Gasteiger partial charge in [-0.1, -0.05) is 18.6 Å². The van der Waals surface area contributed by atoms with Crippen molar-refractivity contribution in [2.75, 3.05) is 62.6 Å². The fourth-order valence-corrected chi connectivity index (χ4v) is 8.03. The summed E-state index contributed by atoms with van der Waals surface area (Å²) < 4.78 is 0. The average molecular weight is 532 g/mol. The summed E-state index contributed by atoms with van der Waals surface area (Å²) in [5.74, 6) is 2.04. The van der Waals surface area contributed by atoms with Gasteiger partial charge in [-0.25, -0.2) is 0 Å². The molecule has 7 rings (SSSR count). The quantitative estimate of drug-likeness (QED) is 0.594. The third-order valence-corrected chi connectivity index (χ3v) is 10.3. The molecule has 0 bridgehead atoms. The Morgan fingerprint density at radius 2 is 1.54 bits per heavy atom. The first kappa shape index (κ1) is 25.5. The van der Waals surface area contributed by atoms with Crippen LogP contribution in [0.2, 0.25) is 0 Å². The number of hydrogen-bond donors (Lipinski definition) is 2. The van der Waals surface area contributed by atoms with Crippen LogP contribution in [0, 0.1) is 5.92 Å². The van der Waals surface area contributed by atoms with Crippen LogP contribution >= 0.6 is 0 Å². The number of anilines is 2. The van der Waals surface area contributed by atoms with E-state index in [2.05, 4.69) is 41.2 Å². The van der Waals surface area contributed by atoms with Gasteiger partial charge in [-0.3, -0.25) is 4.90 Å². The zero-order valence-electron chi connectivity index (χ0n) is 23.3. The highest BCUT2D eigenvalue weighted by Crippen LogP contribution is 2.39. The van der Waals surface area contributed by atoms with E-state index in [9.17, 15) is 5.11 Å². The van der Waals surface area contributed by atoms with Crippen LogP contribution in [-0.2, 0) is 0 Å². The third-order valence-electron chi connectivity index (χ3n) is 10.3. The SMILES string of the molecule is Oc1ccccc1-c1cc2c(nn1)N[C@H]1CN([C@H]3CC[C@@H](N4CCC(CN5CCCCC5)CC4)CC3)CCN21. The van der Waals surface area contributed by atoms with Gasteiger partial charge in [0.05, 0.1) is 11.4 Å². The van der Waals surface area contributed by atoms with Crippen LogP contribution in [0.4, 0.5) is 11.5 Å². The highest BCUT2D eigenvalue weighted by atomic mass is 16.3. The second-order valence-corrected chi connectivity index (χ2v) is 12.6. The van der Waals surface area contributed by atoms with Gasteiger partial charge in [0.2, 0.25) is 0 Å². The fraction of sp³-hybridized carbons (Fsp3) is 0.677. The lowest BCUT2D eigenvalue weighted by Crippen LogP contribution is -2.57. The number of hydrogen-bond acceptors (Lipinski definition) is 8. The lowest BCUT2D eigenvalue weighted by Gasteiger charge is -2.46. The van der Waals surface area contributed by atoms with Gasteiger partial charge in [0, 0.05) is 43.8 Å². The van der Waals surface area contributed by atoms with Gasteiger partial charge in [0.1, 0.15) is 11.9 Å². The van der Waals surface area contributed by atoms with Crippen LogP contribution in [-0.4, -0.2) is 101 Å². The van der Waals surface area contributed by atoms with Crippen LogP contribution in [0.1, 0.15) is 57.8 Å². The maximum Gasteiger partial charge on any atom is 0.174 e. The number of benzene rings is 1. The summed E-state index contributed by atoms with van der Waals surface area (Å²) in [6.07, 6.45) is 12.7. The molecule has 0 amide bonds. The molecule has 1 aromatic carbocycles. The minimum Gasteiger partial charge on any atom is -0.507 e. The number of rotatable bonds is 5. The number of likely N-dealkylation sites (tertiary alicyclic amines) is 2. The molecule has 1 aromatic heterocycles. The van der Waals surface area contributed by atoms with E-state index in [1.54, 1.807) is 6.07 Å². The van der Waals surface area contributed by atoms with Crippen molar-refractivity contribution < 1.29 is 5.11 Å². The van der Waals surface area contributed by atoms with Crippen molar-refractivity contribution in [1.29, 1.82) is 0 Å². The molecule has 0 unspecified atom stereocenters. The number of nitrogens with zero attached hydrogens (tertiary/aromatic N) is 6. The summed E-state index contributed by atoms with van der Waals surface area (Å²) >= 11 is 0. The van der Waals surface area contributed by atoms with Crippen molar-refractivity contribution in [2.45, 2.75) is 76.0 Å². The standard InChI is InChI=1S/C31H45N7O/c39-29-7-3-2-6-26(29)27-20-28-31(34-33-27)32-30-22-37(18-19-38(28)30)25-10-8-24(9-11-25)36-16-12-23(13-17-36)21-35-14-4-1-5-15-35/h2-3,6-7,20,23-25,30,39H,1,4-5,8-19,21-22H2,(H,32,34)/t24-,25+,30-/m1/s1. The monoisotopic (exact) mass is 531 g/mol. The van der Waals surface area contributed by atoms with Crippen molar-refractivity contribution in [2.24, 2.45) is 5.92 Å². The number of aromatic hydroxyl groups is 1. The molecule has 5 aliphatic rings. The van der Waals surface area contributed by atoms with Gasteiger partial charge in [-0.2, -0.15) is 0 Å². The first-order valence-corrected chi connectivity index (χ1v) is 15.6. The number of phenols is 1. The third kappa shape index (κ3) is 5.35. The van der Waals surface area contributed by atoms with Crippen molar-refractivity contribution in [3.05, 3.63) is 30.3 Å². The van der Waals surface area contributed by atoms with Crippen LogP contribution in [0.5, 0.6) is 5.75 Å². The molecule has 4 aliphatic heterocycles. The van der Waals surface area contributed by atoms with E-state index in [0.29, 0.717) is 6.04 Å². The van der Waals surface area contributed by atoms with Crippen molar-refractivity contribution in [3.63, 3.8) is 0 Å². The Kier molecular flexibility index (Phi) is 7.35. The van der Waals surface area contributed by atoms with Gasteiger partial charge < -0.3 is 25.1 Å². The Morgan fingerprint density at radius 3 is 2.31 bits per heavy atom. The summed E-state index contributed by atoms with van der Waals surface area (Å²) in [5, 5.41) is 22.8. The number of aromatic nitrogens is 2. The van der Waals surface area contributed by atoms with Gasteiger partial charge in [0.25, 0.3) is 0 Å². The molecule has 8 heteroatoms. The Labute approximate surface area is 233 Å². The first-order valence-electron chi connectivity index (χ1n) is 15.6. The summed E-state index contributed by atoms with van der Waals surface area (Å²) in [6.45, 7) is 9.80. The number of fused-ring (bicyclic) bond motifs is 3. The summed E-state index contributed by atoms with van der Waals surface area (Å²) in [6, 6.07) is 11.0. The van der Waals surface area contributed by atoms with Crippen LogP contribution < -0.4 is 10.2 Å². The van der Waals surface area contributed by atoms with E-state index >= 15 is 0 Å². The molecule has 3 saturated heterocycles. The van der Waals surface area contributed by atoms with Gasteiger partial charge in [-0.15, -0.1) is 10.2 Å². The molecule has 2 aromatic rings. The van der Waals surface area contributed by atoms with E-state index in [4.69, 9.17) is 0 Å². The van der Waals surface area contributed by atoms with Crippen LogP contribution in [0.25, 0.3) is 11.3 Å². The molecule has 5 heterocycles. The molecular weight excluding hydrogens is 486 g/mol. The maximum absolute atomic E-state index is 10.3. The Balaban J connectivity index is 0.896. The van der Waals surface area contributed by atoms with E-state index in [-0.39, 0.29) is 11.9 Å². The smallest absolute Gasteiger partial charge is 0.174 e. The lowest BCUT2D eigenvalue weighted by atomic mass is 9.86. The molecule has 2 N–H and O–H groups in total. The molecule has 39 heavy (non-hydrogen) atoms. The number of para-hydroxylation sites is 1. The molecule has 0 spiro atoms. The van der Waals surface area contributed by atoms with E-state index in [0.717, 1.165) is 54.4 Å². The normalized spacial score (nSPS) is 29.1. The largest absolute Gasteiger partial charge is 0.507 e. The Bertz CT molecular complexity index is 1120. The topological polar surface area (TPSA) is 71.0 Å². The number of piperazine rings is 1. The van der Waals surface area contributed by atoms with E-state index < -0.39 is 0 Å². The summed E-state index contributed by atoms with van der Waals surface area (Å²) in [7, 11) is 0. The second kappa shape index (κ2) is 11.2. The van der Waals surface area contributed by atoms with Crippen molar-refractivity contribution in [1.82, 2.24) is 24.9 Å². The average Bonchev–Trinajstić information content (AvgIpc) is 3.36. The van der Waals surface area contributed by atoms with Gasteiger partial charge in [0.15, 0.2) is 5.82 Å². The van der Waals surface area contributed by atoms with Crippen molar-refractivity contribution >= 4 is 11.5 Å². The summed E-state index contributed by atoms with van der Waals surface area (Å²) in [5.41, 5.74) is 2.57. The van der Waals surface area contributed by atoms with E-state index in [1.165, 1.54) is 90.5 Å². The predicted octanol–water partition coefficient (Wildman–Crippen LogP) is 4.23. The summed E-state index contributed by atoms with van der Waals surface area (Å²) in [4.78, 5) is 10.8. The number of phenolic OH excluding ortho intramolecular Hbond substituents is 1. The van der Waals surface area contributed by atoms with Gasteiger partial charge in [-0.05, 0) is 102 Å². The number of piperidine rings is 2. The first-order chi connectivity index (χ1) is 19.2. The minimum absolute atomic E-state index is 0.247. The second-order valence-electron chi connectivity index (χ2n) is 12.6. The molecule has 8 nitrogen and oxygen atoms in total. The molecule has 210 valence electrons. The Morgan fingerprint density at radius 1 is 0.795 bits per heavy atom. The zero-order chi connectivity index (χ0) is 26.2. The highest BCUT2D eigenvalue weighted by Gasteiger charge is 2.39. The van der Waals surface area contributed by atoms with Crippen molar-refractivity contribution in [3.8, 4) is 17.0 Å².